The van der Waals surface area contributed by atoms with Crippen molar-refractivity contribution in [2.24, 2.45) is 11.1 Å². The maximum absolute atomic E-state index is 12.0. The summed E-state index contributed by atoms with van der Waals surface area (Å²) < 4.78 is 4.90. The average Bonchev–Trinajstić information content (AvgIpc) is 2.41. The molecule has 0 unspecified atom stereocenters. The molecule has 0 aliphatic rings. The summed E-state index contributed by atoms with van der Waals surface area (Å²) >= 11 is 0. The molecule has 3 nitrogen and oxygen atoms in total. The molecule has 1 rings (SSSR count). The van der Waals surface area contributed by atoms with Crippen molar-refractivity contribution in [3.05, 3.63) is 33.4 Å². The van der Waals surface area contributed by atoms with E-state index < -0.39 is 5.41 Å². The fourth-order valence-corrected chi connectivity index (χ4v) is 2.75. The molecule has 20 heavy (non-hydrogen) atoms. The maximum atomic E-state index is 12.0. The van der Waals surface area contributed by atoms with E-state index in [1.807, 2.05) is 13.8 Å². The van der Waals surface area contributed by atoms with E-state index >= 15 is 0 Å². The zero-order valence-corrected chi connectivity index (χ0v) is 14.0. The molecule has 0 bridgehead atoms. The Hall–Kier alpha value is -1.35. The highest BCUT2D eigenvalue weighted by Crippen LogP contribution is 2.38. The summed E-state index contributed by atoms with van der Waals surface area (Å²) in [5.74, 6) is -0.278. The molecule has 3 heteroatoms. The largest absolute Gasteiger partial charge is 0.469 e. The van der Waals surface area contributed by atoms with E-state index in [0.29, 0.717) is 0 Å². The number of esters is 1. The first-order valence-corrected chi connectivity index (χ1v) is 6.98. The number of benzene rings is 1. The summed E-state index contributed by atoms with van der Waals surface area (Å²) in [5, 5.41) is 0. The molecule has 1 aromatic rings. The fourth-order valence-electron chi connectivity index (χ4n) is 2.75. The lowest BCUT2D eigenvalue weighted by molar-refractivity contribution is -0.152. The van der Waals surface area contributed by atoms with E-state index in [-0.39, 0.29) is 12.0 Å². The molecule has 0 amide bonds. The van der Waals surface area contributed by atoms with Crippen molar-refractivity contribution in [3.8, 4) is 0 Å². The second-order valence-electron chi connectivity index (χ2n) is 6.23. The summed E-state index contributed by atoms with van der Waals surface area (Å²) in [4.78, 5) is 12.0. The average molecular weight is 277 g/mol. The van der Waals surface area contributed by atoms with Crippen molar-refractivity contribution in [3.63, 3.8) is 0 Å². The maximum Gasteiger partial charge on any atom is 0.313 e. The normalized spacial score (nSPS) is 13.2. The third-order valence-electron chi connectivity index (χ3n) is 4.86. The summed E-state index contributed by atoms with van der Waals surface area (Å²) in [6.45, 7) is 14.2. The van der Waals surface area contributed by atoms with Gasteiger partial charge in [0.25, 0.3) is 0 Å². The highest BCUT2D eigenvalue weighted by molar-refractivity contribution is 5.77. The highest BCUT2D eigenvalue weighted by Gasteiger charge is 2.38. The Bertz CT molecular complexity index is 515. The predicted molar refractivity (Wildman–Crippen MR) is 82.9 cm³/mol. The van der Waals surface area contributed by atoms with E-state index in [0.717, 1.165) is 5.56 Å². The number of carbonyl (C=O) groups is 1. The first-order valence-electron chi connectivity index (χ1n) is 6.98. The van der Waals surface area contributed by atoms with Crippen LogP contribution in [0, 0.1) is 40.0 Å². The minimum atomic E-state index is -0.752. The lowest BCUT2D eigenvalue weighted by Gasteiger charge is -2.32. The molecule has 0 aliphatic carbocycles. The molecule has 0 saturated heterocycles. The number of nitrogens with two attached hydrogens (primary N) is 1. The Morgan fingerprint density at radius 1 is 0.950 bits per heavy atom. The first-order chi connectivity index (χ1) is 9.07. The zero-order chi connectivity index (χ0) is 15.8. The summed E-state index contributed by atoms with van der Waals surface area (Å²) in [5.41, 5.74) is 12.9. The minimum Gasteiger partial charge on any atom is -0.469 e. The van der Waals surface area contributed by atoms with Crippen LogP contribution in [0.4, 0.5) is 0 Å². The molecule has 0 aromatic heterocycles. The third-order valence-corrected chi connectivity index (χ3v) is 4.86. The van der Waals surface area contributed by atoms with Gasteiger partial charge in [-0.2, -0.15) is 0 Å². The van der Waals surface area contributed by atoms with Gasteiger partial charge in [0.2, 0.25) is 0 Å². The number of methoxy groups -OCH3 is 1. The van der Waals surface area contributed by atoms with Crippen LogP contribution in [-0.2, 0) is 9.53 Å². The third kappa shape index (κ3) is 2.47. The molecule has 0 fully saturated rings. The van der Waals surface area contributed by atoms with Gasteiger partial charge < -0.3 is 10.5 Å². The van der Waals surface area contributed by atoms with Crippen LogP contribution in [0.5, 0.6) is 0 Å². The van der Waals surface area contributed by atoms with Gasteiger partial charge in [-0.25, -0.2) is 0 Å². The van der Waals surface area contributed by atoms with Crippen molar-refractivity contribution in [1.29, 1.82) is 0 Å². The number of hydrogen-bond acceptors (Lipinski definition) is 3. The van der Waals surface area contributed by atoms with E-state index in [9.17, 15) is 4.79 Å². The van der Waals surface area contributed by atoms with Crippen molar-refractivity contribution < 1.29 is 9.53 Å². The van der Waals surface area contributed by atoms with Crippen molar-refractivity contribution in [1.82, 2.24) is 0 Å². The second kappa shape index (κ2) is 5.57. The lowest BCUT2D eigenvalue weighted by atomic mass is 9.76. The molecule has 1 aromatic carbocycles. The number of rotatable bonds is 3. The van der Waals surface area contributed by atoms with E-state index in [4.69, 9.17) is 10.5 Å². The van der Waals surface area contributed by atoms with Gasteiger partial charge in [0.1, 0.15) is 0 Å². The van der Waals surface area contributed by atoms with Crippen molar-refractivity contribution in [2.45, 2.75) is 54.5 Å². The molecule has 0 aliphatic heterocycles. The number of carbonyl (C=O) groups excluding carboxylic acids is 1. The molecular weight excluding hydrogens is 250 g/mol. The van der Waals surface area contributed by atoms with E-state index in [1.165, 1.54) is 34.9 Å². The van der Waals surface area contributed by atoms with Crippen LogP contribution in [0.15, 0.2) is 0 Å². The predicted octanol–water partition coefficient (Wildman–Crippen LogP) is 3.43. The zero-order valence-electron chi connectivity index (χ0n) is 14.0. The standard InChI is InChI=1S/C17H27NO2/c1-9-10(2)12(4)14(13(5)11(9)3)15(18)17(6,7)16(19)20-8/h15H,18H2,1-8H3/t15-/m1/s1. The van der Waals surface area contributed by atoms with Crippen LogP contribution in [0.1, 0.15) is 53.3 Å². The van der Waals surface area contributed by atoms with Crippen LogP contribution < -0.4 is 5.73 Å². The van der Waals surface area contributed by atoms with Crippen LogP contribution in [-0.4, -0.2) is 13.1 Å². The van der Waals surface area contributed by atoms with Crippen LogP contribution in [0.3, 0.4) is 0 Å². The van der Waals surface area contributed by atoms with E-state index in [2.05, 4.69) is 34.6 Å². The molecule has 0 saturated carbocycles. The van der Waals surface area contributed by atoms with Gasteiger partial charge in [0.15, 0.2) is 0 Å². The monoisotopic (exact) mass is 277 g/mol. The van der Waals surface area contributed by atoms with Gasteiger partial charge in [-0.15, -0.1) is 0 Å². The number of ether oxygens (including phenoxy) is 1. The Morgan fingerprint density at radius 3 is 1.65 bits per heavy atom. The SMILES string of the molecule is COC(=O)C(C)(C)[C@H](N)c1c(C)c(C)c(C)c(C)c1C. The van der Waals surface area contributed by atoms with Gasteiger partial charge in [-0.1, -0.05) is 0 Å². The summed E-state index contributed by atoms with van der Waals surface area (Å²) in [7, 11) is 1.40. The van der Waals surface area contributed by atoms with Gasteiger partial charge in [-0.3, -0.25) is 4.79 Å². The van der Waals surface area contributed by atoms with Crippen molar-refractivity contribution in [2.75, 3.05) is 7.11 Å². The Balaban J connectivity index is 3.52. The number of hydrogen-bond donors (Lipinski definition) is 1. The molecular formula is C17H27NO2. The first kappa shape index (κ1) is 16.7. The highest BCUT2D eigenvalue weighted by atomic mass is 16.5. The molecule has 0 heterocycles. The molecule has 0 spiro atoms. The minimum absolute atomic E-state index is 0.278. The summed E-state index contributed by atoms with van der Waals surface area (Å²) in [6.07, 6.45) is 0. The van der Waals surface area contributed by atoms with Crippen LogP contribution in [0.2, 0.25) is 0 Å². The van der Waals surface area contributed by atoms with Gasteiger partial charge in [0, 0.05) is 6.04 Å². The van der Waals surface area contributed by atoms with Crippen molar-refractivity contribution >= 4 is 5.97 Å². The summed E-state index contributed by atoms with van der Waals surface area (Å²) in [6, 6.07) is -0.382. The Morgan fingerprint density at radius 2 is 1.30 bits per heavy atom. The van der Waals surface area contributed by atoms with Gasteiger partial charge in [0.05, 0.1) is 12.5 Å². The molecule has 0 radical (unpaired) electrons. The topological polar surface area (TPSA) is 52.3 Å². The van der Waals surface area contributed by atoms with Gasteiger partial charge >= 0.3 is 5.97 Å². The van der Waals surface area contributed by atoms with E-state index in [1.54, 1.807) is 0 Å². The Kier molecular flexibility index (Phi) is 4.65. The lowest BCUT2D eigenvalue weighted by Crippen LogP contribution is -2.38. The molecule has 2 N–H and O–H groups in total. The quantitative estimate of drug-likeness (QED) is 0.861. The molecule has 112 valence electrons. The molecule has 1 atom stereocenters. The van der Waals surface area contributed by atoms with Crippen LogP contribution in [0.25, 0.3) is 0 Å². The Labute approximate surface area is 122 Å². The van der Waals surface area contributed by atoms with Gasteiger partial charge in [-0.05, 0) is 81.8 Å². The van der Waals surface area contributed by atoms with Crippen LogP contribution >= 0.6 is 0 Å². The second-order valence-corrected chi connectivity index (χ2v) is 6.23. The smallest absolute Gasteiger partial charge is 0.313 e. The fraction of sp³-hybridized carbons (Fsp3) is 0.588.